The van der Waals surface area contributed by atoms with E-state index in [9.17, 15) is 15.0 Å². The summed E-state index contributed by atoms with van der Waals surface area (Å²) in [4.78, 5) is 18.9. The van der Waals surface area contributed by atoms with Crippen molar-refractivity contribution in [2.24, 2.45) is 0 Å². The minimum Gasteiger partial charge on any atom is -0.505 e. The number of carboxylic acids is 1. The van der Waals surface area contributed by atoms with Crippen molar-refractivity contribution in [3.8, 4) is 16.9 Å². The van der Waals surface area contributed by atoms with Gasteiger partial charge in [-0.1, -0.05) is 62.7 Å². The van der Waals surface area contributed by atoms with Gasteiger partial charge >= 0.3 is 5.97 Å². The molecule has 2 aromatic heterocycles. The van der Waals surface area contributed by atoms with E-state index in [4.69, 9.17) is 11.6 Å². The van der Waals surface area contributed by atoms with Crippen LogP contribution in [0.25, 0.3) is 22.0 Å². The van der Waals surface area contributed by atoms with E-state index in [2.05, 4.69) is 30.7 Å². The molecule has 0 saturated carbocycles. The number of pyridine rings is 1. The van der Waals surface area contributed by atoms with Crippen LogP contribution < -0.4 is 0 Å². The molecule has 0 spiro atoms. The summed E-state index contributed by atoms with van der Waals surface area (Å²) in [5.74, 6) is -1.48. The number of hydrogen-bond acceptors (Lipinski definition) is 5. The van der Waals surface area contributed by atoms with Gasteiger partial charge in [-0.3, -0.25) is 0 Å². The fourth-order valence-electron chi connectivity index (χ4n) is 3.78. The summed E-state index contributed by atoms with van der Waals surface area (Å²) in [5, 5.41) is 25.3. The van der Waals surface area contributed by atoms with Gasteiger partial charge in [-0.05, 0) is 59.7 Å². The van der Waals surface area contributed by atoms with Crippen LogP contribution in [-0.2, 0) is 6.42 Å². The van der Waals surface area contributed by atoms with E-state index in [1.54, 1.807) is 35.6 Å². The zero-order valence-electron chi connectivity index (χ0n) is 19.6. The van der Waals surface area contributed by atoms with Crippen molar-refractivity contribution in [1.29, 1.82) is 0 Å². The largest absolute Gasteiger partial charge is 0.505 e. The van der Waals surface area contributed by atoms with Gasteiger partial charge in [0.2, 0.25) is 0 Å². The van der Waals surface area contributed by atoms with Crippen LogP contribution >= 0.6 is 22.9 Å². The molecular formula is C27H29ClN2O3S. The van der Waals surface area contributed by atoms with E-state index in [0.717, 1.165) is 16.7 Å². The first-order valence-corrected chi connectivity index (χ1v) is 12.6. The predicted octanol–water partition coefficient (Wildman–Crippen LogP) is 6.96. The standard InChI is InChI=1S/C21H14ClNO3S.C6H15N/c22-14-6-4-12(5-7-14)10-17-20(24)18(21(25)26)16-3-1-2-15(19(16)23-17)13-8-9-27-11-13;1-4-7(5-2)6-3/h1-9,11,24H,10H2,(H,25,26);4-6H2,1-3H3. The molecule has 7 heteroatoms. The highest BCUT2D eigenvalue weighted by molar-refractivity contribution is 7.08. The summed E-state index contributed by atoms with van der Waals surface area (Å²) < 4.78 is 0. The highest BCUT2D eigenvalue weighted by atomic mass is 35.5. The number of hydrogen-bond donors (Lipinski definition) is 2. The second kappa shape index (κ2) is 12.0. The Labute approximate surface area is 209 Å². The van der Waals surface area contributed by atoms with E-state index in [1.807, 2.05) is 35.0 Å². The molecule has 34 heavy (non-hydrogen) atoms. The smallest absolute Gasteiger partial charge is 0.340 e. The summed E-state index contributed by atoms with van der Waals surface area (Å²) >= 11 is 7.49. The van der Waals surface area contributed by atoms with Crippen LogP contribution in [0.5, 0.6) is 5.75 Å². The molecule has 0 aliphatic carbocycles. The third-order valence-electron chi connectivity index (χ3n) is 5.73. The number of fused-ring (bicyclic) bond motifs is 1. The third-order valence-corrected chi connectivity index (χ3v) is 6.67. The Morgan fingerprint density at radius 2 is 1.71 bits per heavy atom. The van der Waals surface area contributed by atoms with Gasteiger partial charge in [0.05, 0.1) is 11.2 Å². The first-order chi connectivity index (χ1) is 16.4. The molecule has 0 aliphatic heterocycles. The zero-order valence-corrected chi connectivity index (χ0v) is 21.2. The number of aromatic nitrogens is 1. The van der Waals surface area contributed by atoms with Crippen LogP contribution in [0.15, 0.2) is 59.3 Å². The number of aromatic carboxylic acids is 1. The molecule has 0 atom stereocenters. The number of aromatic hydroxyl groups is 1. The molecule has 4 aromatic rings. The average Bonchev–Trinajstić information content (AvgIpc) is 3.37. The van der Waals surface area contributed by atoms with Crippen molar-refractivity contribution < 1.29 is 15.0 Å². The van der Waals surface area contributed by atoms with E-state index < -0.39 is 5.97 Å². The molecule has 0 bridgehead atoms. The maximum atomic E-state index is 11.9. The van der Waals surface area contributed by atoms with Crippen molar-refractivity contribution in [1.82, 2.24) is 9.88 Å². The normalized spacial score (nSPS) is 10.9. The van der Waals surface area contributed by atoms with Gasteiger partial charge in [-0.15, -0.1) is 0 Å². The summed E-state index contributed by atoms with van der Waals surface area (Å²) in [6, 6.07) is 14.5. The molecule has 0 unspecified atom stereocenters. The predicted molar refractivity (Wildman–Crippen MR) is 141 cm³/mol. The lowest BCUT2D eigenvalue weighted by Gasteiger charge is -2.13. The highest BCUT2D eigenvalue weighted by Gasteiger charge is 2.21. The van der Waals surface area contributed by atoms with E-state index in [-0.39, 0.29) is 11.3 Å². The van der Waals surface area contributed by atoms with E-state index in [1.165, 1.54) is 19.6 Å². The lowest BCUT2D eigenvalue weighted by atomic mass is 9.98. The van der Waals surface area contributed by atoms with Crippen LogP contribution in [0.2, 0.25) is 5.02 Å². The summed E-state index contributed by atoms with van der Waals surface area (Å²) in [7, 11) is 0. The third kappa shape index (κ3) is 5.95. The fourth-order valence-corrected chi connectivity index (χ4v) is 4.56. The minimum atomic E-state index is -1.18. The lowest BCUT2D eigenvalue weighted by Crippen LogP contribution is -2.21. The van der Waals surface area contributed by atoms with Crippen LogP contribution in [0.1, 0.15) is 42.4 Å². The van der Waals surface area contributed by atoms with Gasteiger partial charge in [0.1, 0.15) is 5.56 Å². The molecule has 178 valence electrons. The number of halogens is 1. The van der Waals surface area contributed by atoms with Crippen LogP contribution in [0.4, 0.5) is 0 Å². The number of thiophene rings is 1. The fraction of sp³-hybridized carbons (Fsp3) is 0.259. The second-order valence-corrected chi connectivity index (χ2v) is 8.94. The molecule has 0 saturated heterocycles. The number of para-hydroxylation sites is 1. The topological polar surface area (TPSA) is 73.7 Å². The molecular weight excluding hydrogens is 468 g/mol. The second-order valence-electron chi connectivity index (χ2n) is 7.72. The van der Waals surface area contributed by atoms with Gasteiger partial charge in [0.25, 0.3) is 0 Å². The molecule has 0 radical (unpaired) electrons. The Hall–Kier alpha value is -2.93. The van der Waals surface area contributed by atoms with Gasteiger partial charge in [-0.2, -0.15) is 11.3 Å². The van der Waals surface area contributed by atoms with Gasteiger partial charge < -0.3 is 15.1 Å². The summed E-state index contributed by atoms with van der Waals surface area (Å²) in [6.45, 7) is 10.1. The molecule has 0 amide bonds. The van der Waals surface area contributed by atoms with Crippen molar-refractivity contribution in [3.63, 3.8) is 0 Å². The molecule has 2 heterocycles. The molecule has 0 aliphatic rings. The molecule has 2 N–H and O–H groups in total. The van der Waals surface area contributed by atoms with Crippen molar-refractivity contribution in [2.75, 3.05) is 19.6 Å². The van der Waals surface area contributed by atoms with Crippen molar-refractivity contribution >= 4 is 39.8 Å². The van der Waals surface area contributed by atoms with Crippen molar-refractivity contribution in [2.45, 2.75) is 27.2 Å². The number of carboxylic acid groups (broad SMARTS) is 1. The van der Waals surface area contributed by atoms with E-state index >= 15 is 0 Å². The Morgan fingerprint density at radius 1 is 1.03 bits per heavy atom. The van der Waals surface area contributed by atoms with Crippen molar-refractivity contribution in [3.05, 3.63) is 81.1 Å². The van der Waals surface area contributed by atoms with Crippen LogP contribution in [0.3, 0.4) is 0 Å². The quantitative estimate of drug-likeness (QED) is 0.289. The SMILES string of the molecule is CCN(CC)CC.O=C(O)c1c(O)c(Cc2ccc(Cl)cc2)nc2c(-c3ccsc3)cccc12. The van der Waals surface area contributed by atoms with Crippen LogP contribution in [0, 0.1) is 0 Å². The number of carbonyl (C=O) groups is 1. The Balaban J connectivity index is 0.000000406. The summed E-state index contributed by atoms with van der Waals surface area (Å²) in [5.41, 5.74) is 3.46. The minimum absolute atomic E-state index is 0.124. The first kappa shape index (κ1) is 25.7. The Kier molecular flexibility index (Phi) is 9.05. The summed E-state index contributed by atoms with van der Waals surface area (Å²) in [6.07, 6.45) is 0.303. The molecule has 2 aromatic carbocycles. The molecule has 4 rings (SSSR count). The Morgan fingerprint density at radius 3 is 2.24 bits per heavy atom. The number of rotatable bonds is 7. The number of nitrogens with zero attached hydrogens (tertiary/aromatic N) is 2. The highest BCUT2D eigenvalue weighted by Crippen LogP contribution is 2.36. The Bertz CT molecular complexity index is 1230. The molecule has 0 fully saturated rings. The van der Waals surface area contributed by atoms with Gasteiger partial charge in [0.15, 0.2) is 5.75 Å². The van der Waals surface area contributed by atoms with Crippen LogP contribution in [-0.4, -0.2) is 45.7 Å². The zero-order chi connectivity index (χ0) is 24.7. The first-order valence-electron chi connectivity index (χ1n) is 11.3. The number of benzene rings is 2. The molecule has 5 nitrogen and oxygen atoms in total. The maximum absolute atomic E-state index is 11.9. The van der Waals surface area contributed by atoms with Gasteiger partial charge in [-0.25, -0.2) is 9.78 Å². The van der Waals surface area contributed by atoms with E-state index in [0.29, 0.717) is 28.0 Å². The van der Waals surface area contributed by atoms with Gasteiger partial charge in [0, 0.05) is 22.4 Å². The average molecular weight is 497 g/mol. The lowest BCUT2D eigenvalue weighted by molar-refractivity contribution is 0.0695. The monoisotopic (exact) mass is 496 g/mol. The maximum Gasteiger partial charge on any atom is 0.340 e.